The summed E-state index contributed by atoms with van der Waals surface area (Å²) in [5, 5.41) is 2.84. The van der Waals surface area contributed by atoms with Crippen LogP contribution in [0.25, 0.3) is 11.0 Å². The molecule has 0 bridgehead atoms. The molecule has 5 nitrogen and oxygen atoms in total. The van der Waals surface area contributed by atoms with Crippen molar-refractivity contribution in [2.24, 2.45) is 0 Å². The summed E-state index contributed by atoms with van der Waals surface area (Å²) in [5.74, 6) is 0.702. The van der Waals surface area contributed by atoms with Crippen molar-refractivity contribution in [3.05, 3.63) is 52.7 Å². The number of fused-ring (bicyclic) bond motifs is 1. The molecule has 2 N–H and O–H groups in total. The zero-order valence-electron chi connectivity index (χ0n) is 10.7. The molecular formula is C14H12BrN3O2. The molecular weight excluding hydrogens is 322 g/mol. The van der Waals surface area contributed by atoms with Crippen LogP contribution < -0.4 is 5.32 Å². The van der Waals surface area contributed by atoms with Gasteiger partial charge in [0.1, 0.15) is 5.82 Å². The minimum absolute atomic E-state index is 0.237. The Balaban J connectivity index is 1.78. The van der Waals surface area contributed by atoms with Gasteiger partial charge in [-0.3, -0.25) is 4.79 Å². The zero-order chi connectivity index (χ0) is 14.1. The van der Waals surface area contributed by atoms with E-state index in [1.807, 2.05) is 31.2 Å². The summed E-state index contributed by atoms with van der Waals surface area (Å²) in [5.41, 5.74) is 1.83. The van der Waals surface area contributed by atoms with Crippen LogP contribution in [-0.2, 0) is 0 Å². The molecule has 0 saturated carbocycles. The highest BCUT2D eigenvalue weighted by molar-refractivity contribution is 9.10. The van der Waals surface area contributed by atoms with Crippen molar-refractivity contribution >= 4 is 32.9 Å². The second-order valence-electron chi connectivity index (χ2n) is 4.44. The van der Waals surface area contributed by atoms with Gasteiger partial charge in [-0.1, -0.05) is 12.1 Å². The first-order chi connectivity index (χ1) is 9.63. The Morgan fingerprint density at radius 1 is 1.35 bits per heavy atom. The van der Waals surface area contributed by atoms with Crippen LogP contribution in [0.15, 0.2) is 45.5 Å². The van der Waals surface area contributed by atoms with Gasteiger partial charge in [0.15, 0.2) is 10.4 Å². The fraction of sp³-hybridized carbons (Fsp3) is 0.143. The molecule has 0 spiro atoms. The lowest BCUT2D eigenvalue weighted by atomic mass is 10.3. The fourth-order valence-corrected chi connectivity index (χ4v) is 2.26. The molecule has 0 aliphatic heterocycles. The maximum absolute atomic E-state index is 12.0. The minimum atomic E-state index is -0.274. The van der Waals surface area contributed by atoms with E-state index < -0.39 is 0 Å². The maximum Gasteiger partial charge on any atom is 0.287 e. The standard InChI is InChI=1S/C14H12BrN3O2/c1-8(16-14(19)11-6-7-12(15)20-11)13-17-9-4-2-3-5-10(9)18-13/h2-8H,1H3,(H,16,19)(H,17,18)/t8-/m0/s1. The van der Waals surface area contributed by atoms with Crippen molar-refractivity contribution in [2.75, 3.05) is 0 Å². The molecule has 0 aliphatic carbocycles. The molecule has 3 aromatic rings. The van der Waals surface area contributed by atoms with Gasteiger partial charge < -0.3 is 14.7 Å². The average molecular weight is 334 g/mol. The van der Waals surface area contributed by atoms with Crippen molar-refractivity contribution in [1.82, 2.24) is 15.3 Å². The van der Waals surface area contributed by atoms with Crippen LogP contribution in [0.3, 0.4) is 0 Å². The normalized spacial score (nSPS) is 12.5. The van der Waals surface area contributed by atoms with Gasteiger partial charge in [-0.2, -0.15) is 0 Å². The summed E-state index contributed by atoms with van der Waals surface area (Å²) < 4.78 is 5.74. The van der Waals surface area contributed by atoms with E-state index >= 15 is 0 Å². The molecule has 1 atom stereocenters. The number of carbonyl (C=O) groups excluding carboxylic acids is 1. The summed E-state index contributed by atoms with van der Waals surface area (Å²) >= 11 is 3.17. The van der Waals surface area contributed by atoms with E-state index in [0.717, 1.165) is 11.0 Å². The second-order valence-corrected chi connectivity index (χ2v) is 5.22. The van der Waals surface area contributed by atoms with E-state index in [1.165, 1.54) is 0 Å². The molecule has 20 heavy (non-hydrogen) atoms. The number of hydrogen-bond acceptors (Lipinski definition) is 3. The molecule has 0 aliphatic rings. The number of rotatable bonds is 3. The SMILES string of the molecule is C[C@H](NC(=O)c1ccc(Br)o1)c1nc2ccccc2[nH]1. The first-order valence-corrected chi connectivity index (χ1v) is 6.93. The Bertz CT molecular complexity index is 729. The topological polar surface area (TPSA) is 70.9 Å². The van der Waals surface area contributed by atoms with Gasteiger partial charge in [0.25, 0.3) is 5.91 Å². The van der Waals surface area contributed by atoms with Crippen LogP contribution in [-0.4, -0.2) is 15.9 Å². The third-order valence-electron chi connectivity index (χ3n) is 2.96. The van der Waals surface area contributed by atoms with Crippen LogP contribution in [0.1, 0.15) is 29.3 Å². The Kier molecular flexibility index (Phi) is 3.31. The highest BCUT2D eigenvalue weighted by Crippen LogP contribution is 2.17. The largest absolute Gasteiger partial charge is 0.444 e. The summed E-state index contributed by atoms with van der Waals surface area (Å²) in [6.07, 6.45) is 0. The van der Waals surface area contributed by atoms with Crippen LogP contribution >= 0.6 is 15.9 Å². The first-order valence-electron chi connectivity index (χ1n) is 6.14. The number of H-pyrrole nitrogens is 1. The Labute approximate surface area is 123 Å². The van der Waals surface area contributed by atoms with Crippen molar-refractivity contribution in [2.45, 2.75) is 13.0 Å². The summed E-state index contributed by atoms with van der Waals surface area (Å²) in [4.78, 5) is 19.6. The lowest BCUT2D eigenvalue weighted by Gasteiger charge is -2.09. The molecule has 1 aromatic carbocycles. The van der Waals surface area contributed by atoms with E-state index in [4.69, 9.17) is 4.42 Å². The number of halogens is 1. The van der Waals surface area contributed by atoms with Gasteiger partial charge in [-0.15, -0.1) is 0 Å². The number of carbonyl (C=O) groups is 1. The highest BCUT2D eigenvalue weighted by Gasteiger charge is 2.16. The van der Waals surface area contributed by atoms with Gasteiger partial charge in [0.05, 0.1) is 17.1 Å². The van der Waals surface area contributed by atoms with E-state index in [2.05, 4.69) is 31.2 Å². The number of hydrogen-bond donors (Lipinski definition) is 2. The number of imidazole rings is 1. The number of aromatic nitrogens is 2. The molecule has 0 unspecified atom stereocenters. The van der Waals surface area contributed by atoms with Crippen LogP contribution in [0.2, 0.25) is 0 Å². The summed E-state index contributed by atoms with van der Waals surface area (Å²) in [6, 6.07) is 10.8. The molecule has 2 aromatic heterocycles. The molecule has 2 heterocycles. The third kappa shape index (κ3) is 2.46. The number of nitrogens with zero attached hydrogens (tertiary/aromatic N) is 1. The van der Waals surface area contributed by atoms with Crippen LogP contribution in [0.5, 0.6) is 0 Å². The predicted molar refractivity (Wildman–Crippen MR) is 78.4 cm³/mol. The Morgan fingerprint density at radius 2 is 2.15 bits per heavy atom. The Hall–Kier alpha value is -2.08. The lowest BCUT2D eigenvalue weighted by molar-refractivity contribution is 0.0909. The van der Waals surface area contributed by atoms with E-state index in [-0.39, 0.29) is 17.7 Å². The molecule has 0 radical (unpaired) electrons. The third-order valence-corrected chi connectivity index (χ3v) is 3.39. The van der Waals surface area contributed by atoms with E-state index in [9.17, 15) is 4.79 Å². The molecule has 3 rings (SSSR count). The monoisotopic (exact) mass is 333 g/mol. The number of nitrogens with one attached hydrogen (secondary N) is 2. The predicted octanol–water partition coefficient (Wildman–Crippen LogP) is 3.41. The van der Waals surface area contributed by atoms with Gasteiger partial charge >= 0.3 is 0 Å². The quantitative estimate of drug-likeness (QED) is 0.771. The van der Waals surface area contributed by atoms with E-state index in [0.29, 0.717) is 10.5 Å². The first kappa shape index (κ1) is 12.9. The van der Waals surface area contributed by atoms with Crippen molar-refractivity contribution in [3.8, 4) is 0 Å². The number of benzene rings is 1. The fourth-order valence-electron chi connectivity index (χ4n) is 1.95. The molecule has 0 saturated heterocycles. The number of para-hydroxylation sites is 2. The van der Waals surface area contributed by atoms with Crippen molar-refractivity contribution in [1.29, 1.82) is 0 Å². The minimum Gasteiger partial charge on any atom is -0.444 e. The maximum atomic E-state index is 12.0. The smallest absolute Gasteiger partial charge is 0.287 e. The average Bonchev–Trinajstić information content (AvgIpc) is 3.04. The van der Waals surface area contributed by atoms with Gasteiger partial charge in [0.2, 0.25) is 0 Å². The second kappa shape index (κ2) is 5.13. The number of amides is 1. The summed E-state index contributed by atoms with van der Waals surface area (Å²) in [7, 11) is 0. The molecule has 102 valence electrons. The highest BCUT2D eigenvalue weighted by atomic mass is 79.9. The molecule has 0 fully saturated rings. The van der Waals surface area contributed by atoms with Gasteiger partial charge in [-0.25, -0.2) is 4.98 Å². The van der Waals surface area contributed by atoms with Crippen molar-refractivity contribution < 1.29 is 9.21 Å². The van der Waals surface area contributed by atoms with Gasteiger partial charge in [-0.05, 0) is 47.1 Å². The Morgan fingerprint density at radius 3 is 2.85 bits per heavy atom. The van der Waals surface area contributed by atoms with Crippen LogP contribution in [0.4, 0.5) is 0 Å². The van der Waals surface area contributed by atoms with Crippen LogP contribution in [0, 0.1) is 0 Å². The van der Waals surface area contributed by atoms with Gasteiger partial charge in [0, 0.05) is 0 Å². The van der Waals surface area contributed by atoms with E-state index in [1.54, 1.807) is 12.1 Å². The molecule has 1 amide bonds. The summed E-state index contributed by atoms with van der Waals surface area (Å²) in [6.45, 7) is 1.87. The zero-order valence-corrected chi connectivity index (χ0v) is 12.3. The number of aromatic amines is 1. The number of furan rings is 1. The molecule has 6 heteroatoms. The van der Waals surface area contributed by atoms with Crippen molar-refractivity contribution in [3.63, 3.8) is 0 Å². The lowest BCUT2D eigenvalue weighted by Crippen LogP contribution is -2.26.